The van der Waals surface area contributed by atoms with Crippen LogP contribution in [0.5, 0.6) is 0 Å². The molecular weight excluding hydrogens is 418 g/mol. The van der Waals surface area contributed by atoms with Gasteiger partial charge in [-0.25, -0.2) is 8.78 Å². The fourth-order valence-electron chi connectivity index (χ4n) is 2.66. The molecule has 0 aliphatic rings. The molecule has 10 heteroatoms. The summed E-state index contributed by atoms with van der Waals surface area (Å²) in [5.41, 5.74) is 0.821. The van der Waals surface area contributed by atoms with E-state index in [1.165, 1.54) is 13.1 Å². The second kappa shape index (κ2) is 9.45. The fourth-order valence-corrected chi connectivity index (χ4v) is 2.79. The van der Waals surface area contributed by atoms with E-state index in [1.807, 2.05) is 0 Å². The number of amides is 2. The van der Waals surface area contributed by atoms with Crippen LogP contribution in [0.4, 0.5) is 8.78 Å². The Kier molecular flexibility index (Phi) is 6.73. The van der Waals surface area contributed by atoms with E-state index >= 15 is 0 Å². The first kappa shape index (κ1) is 21.4. The molecular formula is C20H17ClF2N4O3. The van der Waals surface area contributed by atoms with Crippen molar-refractivity contribution < 1.29 is 22.9 Å². The van der Waals surface area contributed by atoms with Crippen molar-refractivity contribution in [3.63, 3.8) is 0 Å². The zero-order valence-corrected chi connectivity index (χ0v) is 16.5. The lowest BCUT2D eigenvalue weighted by atomic mass is 10.1. The molecule has 2 N–H and O–H groups in total. The molecule has 0 aliphatic heterocycles. The van der Waals surface area contributed by atoms with E-state index < -0.39 is 29.5 Å². The lowest BCUT2D eigenvalue weighted by molar-refractivity contribution is -0.128. The van der Waals surface area contributed by atoms with Crippen LogP contribution in [-0.4, -0.2) is 29.0 Å². The van der Waals surface area contributed by atoms with Crippen LogP contribution in [0.15, 0.2) is 47.0 Å². The van der Waals surface area contributed by atoms with Gasteiger partial charge in [-0.05, 0) is 42.0 Å². The van der Waals surface area contributed by atoms with Crippen molar-refractivity contribution in [2.45, 2.75) is 18.9 Å². The van der Waals surface area contributed by atoms with Crippen molar-refractivity contribution in [1.82, 2.24) is 20.8 Å². The molecule has 0 fully saturated rings. The number of likely N-dealkylation sites (N-methyl/N-ethyl adjacent to an activating group) is 1. The van der Waals surface area contributed by atoms with E-state index in [0.717, 1.165) is 12.1 Å². The van der Waals surface area contributed by atoms with Crippen molar-refractivity contribution in [3.8, 4) is 11.4 Å². The molecule has 0 aliphatic carbocycles. The Morgan fingerprint density at radius 1 is 1.13 bits per heavy atom. The summed E-state index contributed by atoms with van der Waals surface area (Å²) in [6.45, 7) is 0. The minimum absolute atomic E-state index is 0.0561. The van der Waals surface area contributed by atoms with Crippen molar-refractivity contribution in [1.29, 1.82) is 0 Å². The van der Waals surface area contributed by atoms with Gasteiger partial charge in [-0.2, -0.15) is 4.98 Å². The number of aryl methyl sites for hydroxylation is 1. The van der Waals surface area contributed by atoms with E-state index in [9.17, 15) is 18.4 Å². The molecule has 3 rings (SSSR count). The van der Waals surface area contributed by atoms with Gasteiger partial charge in [0.1, 0.15) is 6.04 Å². The van der Waals surface area contributed by atoms with Crippen LogP contribution in [0.3, 0.4) is 0 Å². The van der Waals surface area contributed by atoms with Crippen LogP contribution in [0.25, 0.3) is 11.4 Å². The van der Waals surface area contributed by atoms with E-state index in [2.05, 4.69) is 20.8 Å². The summed E-state index contributed by atoms with van der Waals surface area (Å²) in [6, 6.07) is 8.67. The van der Waals surface area contributed by atoms with Crippen LogP contribution < -0.4 is 10.6 Å². The molecule has 156 valence electrons. The Balaban J connectivity index is 1.64. The first-order valence-corrected chi connectivity index (χ1v) is 9.29. The first-order valence-electron chi connectivity index (χ1n) is 8.92. The summed E-state index contributed by atoms with van der Waals surface area (Å²) >= 11 is 5.85. The highest BCUT2D eigenvalue weighted by Crippen LogP contribution is 2.20. The number of aromatic nitrogens is 2. The highest BCUT2D eigenvalue weighted by atomic mass is 35.5. The van der Waals surface area contributed by atoms with Gasteiger partial charge < -0.3 is 15.2 Å². The van der Waals surface area contributed by atoms with E-state index in [-0.39, 0.29) is 24.3 Å². The lowest BCUT2D eigenvalue weighted by Gasteiger charge is -2.17. The number of hydrogen-bond acceptors (Lipinski definition) is 5. The number of nitrogens with one attached hydrogen (secondary N) is 2. The molecule has 3 aromatic rings. The summed E-state index contributed by atoms with van der Waals surface area (Å²) in [5, 5.41) is 9.32. The van der Waals surface area contributed by atoms with Gasteiger partial charge in [-0.1, -0.05) is 22.8 Å². The molecule has 1 heterocycles. The smallest absolute Gasteiger partial charge is 0.246 e. The molecule has 0 spiro atoms. The maximum absolute atomic E-state index is 13.5. The van der Waals surface area contributed by atoms with Gasteiger partial charge in [-0.3, -0.25) is 9.59 Å². The molecule has 2 amide bonds. The molecule has 2 aromatic carbocycles. The number of carbonyl (C=O) groups is 2. The summed E-state index contributed by atoms with van der Waals surface area (Å²) in [7, 11) is 1.37. The molecule has 7 nitrogen and oxygen atoms in total. The largest absolute Gasteiger partial charge is 0.357 e. The number of carbonyl (C=O) groups excluding carboxylic acids is 2. The van der Waals surface area contributed by atoms with Crippen LogP contribution in [0.1, 0.15) is 23.9 Å². The maximum atomic E-state index is 13.5. The lowest BCUT2D eigenvalue weighted by Crippen LogP contribution is -2.39. The Morgan fingerprint density at radius 3 is 2.53 bits per heavy atom. The van der Waals surface area contributed by atoms with Gasteiger partial charge in [0.25, 0.3) is 0 Å². The molecule has 0 saturated carbocycles. The molecule has 0 bridgehead atoms. The summed E-state index contributed by atoms with van der Waals surface area (Å²) < 4.78 is 31.8. The Labute approximate surface area is 175 Å². The summed E-state index contributed by atoms with van der Waals surface area (Å²) in [4.78, 5) is 28.7. The summed E-state index contributed by atoms with van der Waals surface area (Å²) in [5.74, 6) is -2.65. The van der Waals surface area contributed by atoms with Crippen molar-refractivity contribution in [2.24, 2.45) is 0 Å². The highest BCUT2D eigenvalue weighted by Gasteiger charge is 2.23. The first-order chi connectivity index (χ1) is 14.4. The van der Waals surface area contributed by atoms with E-state index in [4.69, 9.17) is 16.1 Å². The van der Waals surface area contributed by atoms with Crippen molar-refractivity contribution in [3.05, 3.63) is 70.6 Å². The molecule has 1 unspecified atom stereocenters. The zero-order chi connectivity index (χ0) is 21.7. The minimum Gasteiger partial charge on any atom is -0.357 e. The number of benzene rings is 2. The third kappa shape index (κ3) is 5.18. The highest BCUT2D eigenvalue weighted by molar-refractivity contribution is 6.30. The van der Waals surface area contributed by atoms with Gasteiger partial charge in [0.05, 0.1) is 0 Å². The van der Waals surface area contributed by atoms with Crippen LogP contribution in [-0.2, 0) is 16.0 Å². The topological polar surface area (TPSA) is 97.1 Å². The quantitative estimate of drug-likeness (QED) is 0.595. The SMILES string of the molecule is CNC(=O)C(NC(=O)CCc1nc(-c2ccc(Cl)cc2)no1)c1ccc(F)c(F)c1. The molecule has 1 atom stereocenters. The molecule has 0 saturated heterocycles. The van der Waals surface area contributed by atoms with Gasteiger partial charge >= 0.3 is 0 Å². The van der Waals surface area contributed by atoms with Crippen LogP contribution in [0.2, 0.25) is 5.02 Å². The van der Waals surface area contributed by atoms with Gasteiger partial charge in [0.15, 0.2) is 11.6 Å². The second-order valence-electron chi connectivity index (χ2n) is 6.31. The molecule has 1 aromatic heterocycles. The average Bonchev–Trinajstić information content (AvgIpc) is 3.21. The normalized spacial score (nSPS) is 11.7. The van der Waals surface area contributed by atoms with Crippen molar-refractivity contribution >= 4 is 23.4 Å². The number of nitrogens with zero attached hydrogens (tertiary/aromatic N) is 2. The van der Waals surface area contributed by atoms with E-state index in [1.54, 1.807) is 24.3 Å². The summed E-state index contributed by atoms with van der Waals surface area (Å²) in [6.07, 6.45) is 0.0735. The van der Waals surface area contributed by atoms with Crippen LogP contribution in [0, 0.1) is 11.6 Å². The molecule has 30 heavy (non-hydrogen) atoms. The fraction of sp³-hybridized carbons (Fsp3) is 0.200. The standard InChI is InChI=1S/C20H17ClF2N4O3/c1-24-20(29)18(12-4-7-14(22)15(23)10-12)25-16(28)8-9-17-26-19(27-30-17)11-2-5-13(21)6-3-11/h2-7,10,18H,8-9H2,1H3,(H,24,29)(H,25,28). The van der Waals surface area contributed by atoms with Crippen LogP contribution >= 0.6 is 11.6 Å². The maximum Gasteiger partial charge on any atom is 0.246 e. The molecule has 0 radical (unpaired) electrons. The van der Waals surface area contributed by atoms with Gasteiger partial charge in [0, 0.05) is 30.5 Å². The Hall–Kier alpha value is -3.33. The monoisotopic (exact) mass is 434 g/mol. The van der Waals surface area contributed by atoms with E-state index in [0.29, 0.717) is 16.4 Å². The van der Waals surface area contributed by atoms with Gasteiger partial charge in [-0.15, -0.1) is 0 Å². The second-order valence-corrected chi connectivity index (χ2v) is 6.74. The third-order valence-electron chi connectivity index (χ3n) is 4.23. The van der Waals surface area contributed by atoms with Crippen molar-refractivity contribution in [2.75, 3.05) is 7.05 Å². The predicted octanol–water partition coefficient (Wildman–Crippen LogP) is 3.20. The number of hydrogen-bond donors (Lipinski definition) is 2. The number of rotatable bonds is 7. The Bertz CT molecular complexity index is 1060. The number of halogens is 3. The predicted molar refractivity (Wildman–Crippen MR) is 104 cm³/mol. The Morgan fingerprint density at radius 2 is 1.87 bits per heavy atom. The average molecular weight is 435 g/mol. The van der Waals surface area contributed by atoms with Gasteiger partial charge in [0.2, 0.25) is 23.5 Å². The zero-order valence-electron chi connectivity index (χ0n) is 15.8. The minimum atomic E-state index is -1.18. The third-order valence-corrected chi connectivity index (χ3v) is 4.48.